The second-order valence-corrected chi connectivity index (χ2v) is 3.70. The predicted octanol–water partition coefficient (Wildman–Crippen LogP) is 1.39. The highest BCUT2D eigenvalue weighted by Crippen LogP contribution is 2.18. The van der Waals surface area contributed by atoms with Gasteiger partial charge in [-0.25, -0.2) is 0 Å². The SMILES string of the molecule is CC.NC(=O)CSc1cccc(C(N)=O)c1. The predicted molar refractivity (Wildman–Crippen MR) is 66.2 cm³/mol. The van der Waals surface area contributed by atoms with Crippen molar-refractivity contribution < 1.29 is 9.59 Å². The average molecular weight is 240 g/mol. The molecule has 1 rings (SSSR count). The molecule has 5 heteroatoms. The van der Waals surface area contributed by atoms with E-state index in [-0.39, 0.29) is 11.7 Å². The van der Waals surface area contributed by atoms with E-state index in [2.05, 4.69) is 0 Å². The van der Waals surface area contributed by atoms with E-state index < -0.39 is 5.91 Å². The molecular formula is C11H16N2O2S. The van der Waals surface area contributed by atoms with Gasteiger partial charge in [0.15, 0.2) is 0 Å². The van der Waals surface area contributed by atoms with E-state index in [1.54, 1.807) is 24.3 Å². The van der Waals surface area contributed by atoms with Crippen molar-refractivity contribution in [3.63, 3.8) is 0 Å². The van der Waals surface area contributed by atoms with E-state index in [1.807, 2.05) is 13.8 Å². The smallest absolute Gasteiger partial charge is 0.248 e. The molecule has 0 fully saturated rings. The van der Waals surface area contributed by atoms with Crippen molar-refractivity contribution in [3.8, 4) is 0 Å². The fourth-order valence-electron chi connectivity index (χ4n) is 0.894. The van der Waals surface area contributed by atoms with E-state index in [0.717, 1.165) is 4.90 Å². The summed E-state index contributed by atoms with van der Waals surface area (Å²) in [6, 6.07) is 6.76. The van der Waals surface area contributed by atoms with Gasteiger partial charge in [0.1, 0.15) is 0 Å². The normalized spacial score (nSPS) is 8.88. The Morgan fingerprint density at radius 2 is 1.88 bits per heavy atom. The highest BCUT2D eigenvalue weighted by Gasteiger charge is 2.02. The minimum Gasteiger partial charge on any atom is -0.369 e. The quantitative estimate of drug-likeness (QED) is 0.780. The summed E-state index contributed by atoms with van der Waals surface area (Å²) in [5.41, 5.74) is 10.5. The van der Waals surface area contributed by atoms with Crippen LogP contribution in [0.1, 0.15) is 24.2 Å². The van der Waals surface area contributed by atoms with Gasteiger partial charge in [0.2, 0.25) is 11.8 Å². The number of carbonyl (C=O) groups excluding carboxylic acids is 2. The van der Waals surface area contributed by atoms with Crippen LogP contribution in [0.3, 0.4) is 0 Å². The average Bonchev–Trinajstić information content (AvgIpc) is 2.29. The Labute approximate surface area is 99.4 Å². The Bertz CT molecular complexity index is 367. The van der Waals surface area contributed by atoms with E-state index in [9.17, 15) is 9.59 Å². The van der Waals surface area contributed by atoms with E-state index in [1.165, 1.54) is 11.8 Å². The summed E-state index contributed by atoms with van der Waals surface area (Å²) < 4.78 is 0. The molecule has 0 aliphatic heterocycles. The number of hydrogen-bond donors (Lipinski definition) is 2. The van der Waals surface area contributed by atoms with Crippen molar-refractivity contribution in [3.05, 3.63) is 29.8 Å². The van der Waals surface area contributed by atoms with Gasteiger partial charge in [0.25, 0.3) is 0 Å². The molecule has 0 unspecified atom stereocenters. The number of hydrogen-bond acceptors (Lipinski definition) is 3. The summed E-state index contributed by atoms with van der Waals surface area (Å²) >= 11 is 1.28. The van der Waals surface area contributed by atoms with Crippen LogP contribution in [0.4, 0.5) is 0 Å². The zero-order chi connectivity index (χ0) is 12.6. The van der Waals surface area contributed by atoms with Gasteiger partial charge in [-0.2, -0.15) is 0 Å². The third-order valence-corrected chi connectivity index (χ3v) is 2.52. The first-order valence-corrected chi connectivity index (χ1v) is 5.89. The molecule has 0 heterocycles. The summed E-state index contributed by atoms with van der Waals surface area (Å²) in [6.07, 6.45) is 0. The topological polar surface area (TPSA) is 86.2 Å². The molecule has 0 spiro atoms. The molecule has 4 nitrogen and oxygen atoms in total. The van der Waals surface area contributed by atoms with Crippen molar-refractivity contribution in [2.75, 3.05) is 5.75 Å². The molecule has 4 N–H and O–H groups in total. The third kappa shape index (κ3) is 5.41. The van der Waals surface area contributed by atoms with Crippen LogP contribution in [0.5, 0.6) is 0 Å². The second-order valence-electron chi connectivity index (χ2n) is 2.65. The zero-order valence-electron chi connectivity index (χ0n) is 9.40. The lowest BCUT2D eigenvalue weighted by Crippen LogP contribution is -2.13. The molecule has 1 aromatic carbocycles. The molecule has 88 valence electrons. The highest BCUT2D eigenvalue weighted by atomic mass is 32.2. The maximum atomic E-state index is 10.8. The van der Waals surface area contributed by atoms with Crippen LogP contribution >= 0.6 is 11.8 Å². The molecule has 1 aromatic rings. The summed E-state index contributed by atoms with van der Waals surface area (Å²) in [5, 5.41) is 0. The van der Waals surface area contributed by atoms with Crippen LogP contribution in [0.15, 0.2) is 29.2 Å². The maximum absolute atomic E-state index is 10.8. The Kier molecular flexibility index (Phi) is 7.03. The van der Waals surface area contributed by atoms with Gasteiger partial charge in [-0.05, 0) is 18.2 Å². The second kappa shape index (κ2) is 7.76. The zero-order valence-corrected chi connectivity index (χ0v) is 10.2. The van der Waals surface area contributed by atoms with Gasteiger partial charge in [-0.15, -0.1) is 11.8 Å². The molecule has 0 radical (unpaired) electrons. The number of thioether (sulfide) groups is 1. The van der Waals surface area contributed by atoms with Gasteiger partial charge in [0, 0.05) is 10.5 Å². The van der Waals surface area contributed by atoms with Crippen molar-refractivity contribution in [1.29, 1.82) is 0 Å². The van der Waals surface area contributed by atoms with Gasteiger partial charge in [-0.3, -0.25) is 9.59 Å². The molecule has 0 saturated heterocycles. The Balaban J connectivity index is 0.00000106. The number of carbonyl (C=O) groups is 2. The van der Waals surface area contributed by atoms with Crippen LogP contribution in [0, 0.1) is 0 Å². The number of rotatable bonds is 4. The molecule has 0 atom stereocenters. The minimum atomic E-state index is -0.480. The van der Waals surface area contributed by atoms with Gasteiger partial charge in [0.05, 0.1) is 5.75 Å². The van der Waals surface area contributed by atoms with Crippen LogP contribution < -0.4 is 11.5 Å². The van der Waals surface area contributed by atoms with Gasteiger partial charge in [-0.1, -0.05) is 19.9 Å². The van der Waals surface area contributed by atoms with E-state index in [0.29, 0.717) is 5.56 Å². The number of amides is 2. The Morgan fingerprint density at radius 3 is 2.38 bits per heavy atom. The highest BCUT2D eigenvalue weighted by molar-refractivity contribution is 8.00. The summed E-state index contributed by atoms with van der Waals surface area (Å²) in [4.78, 5) is 22.1. The number of benzene rings is 1. The monoisotopic (exact) mass is 240 g/mol. The summed E-state index contributed by atoms with van der Waals surface area (Å²) in [7, 11) is 0. The fraction of sp³-hybridized carbons (Fsp3) is 0.273. The Hall–Kier alpha value is -1.49. The lowest BCUT2D eigenvalue weighted by atomic mass is 10.2. The van der Waals surface area contributed by atoms with Crippen molar-refractivity contribution in [2.45, 2.75) is 18.7 Å². The third-order valence-electron chi connectivity index (χ3n) is 1.50. The molecule has 0 aliphatic rings. The van der Waals surface area contributed by atoms with Gasteiger partial charge < -0.3 is 11.5 Å². The number of primary amides is 2. The van der Waals surface area contributed by atoms with Crippen LogP contribution in [-0.2, 0) is 4.79 Å². The molecule has 0 aromatic heterocycles. The lowest BCUT2D eigenvalue weighted by molar-refractivity contribution is -0.115. The number of nitrogens with two attached hydrogens (primary N) is 2. The Morgan fingerprint density at radius 1 is 1.25 bits per heavy atom. The van der Waals surface area contributed by atoms with Crippen molar-refractivity contribution in [1.82, 2.24) is 0 Å². The van der Waals surface area contributed by atoms with E-state index >= 15 is 0 Å². The molecular weight excluding hydrogens is 224 g/mol. The van der Waals surface area contributed by atoms with E-state index in [4.69, 9.17) is 11.5 Å². The van der Waals surface area contributed by atoms with Crippen molar-refractivity contribution >= 4 is 23.6 Å². The molecule has 16 heavy (non-hydrogen) atoms. The van der Waals surface area contributed by atoms with Crippen LogP contribution in [0.25, 0.3) is 0 Å². The van der Waals surface area contributed by atoms with Gasteiger partial charge >= 0.3 is 0 Å². The molecule has 2 amide bonds. The summed E-state index contributed by atoms with van der Waals surface area (Å²) in [6.45, 7) is 4.00. The first-order valence-electron chi connectivity index (χ1n) is 4.90. The minimum absolute atomic E-state index is 0.197. The van der Waals surface area contributed by atoms with Crippen LogP contribution in [0.2, 0.25) is 0 Å². The molecule has 0 aliphatic carbocycles. The molecule has 0 saturated carbocycles. The molecule has 0 bridgehead atoms. The fourth-order valence-corrected chi connectivity index (χ4v) is 1.59. The van der Waals surface area contributed by atoms with Crippen molar-refractivity contribution in [2.24, 2.45) is 11.5 Å². The largest absolute Gasteiger partial charge is 0.369 e. The van der Waals surface area contributed by atoms with Crippen LogP contribution in [-0.4, -0.2) is 17.6 Å². The standard InChI is InChI=1S/C9H10N2O2S.C2H6/c10-8(12)5-14-7-3-1-2-6(4-7)9(11)13;1-2/h1-4H,5H2,(H2,10,12)(H2,11,13);1-2H3. The first-order chi connectivity index (χ1) is 7.59. The lowest BCUT2D eigenvalue weighted by Gasteiger charge is -2.00. The summed E-state index contributed by atoms with van der Waals surface area (Å²) in [5.74, 6) is -0.673. The first kappa shape index (κ1) is 14.5. The maximum Gasteiger partial charge on any atom is 0.248 e.